The van der Waals surface area contributed by atoms with Crippen LogP contribution in [0.15, 0.2) is 29.3 Å². The van der Waals surface area contributed by atoms with Crippen molar-refractivity contribution in [1.82, 2.24) is 19.9 Å². The van der Waals surface area contributed by atoms with E-state index in [1.165, 1.54) is 0 Å². The number of pyridine rings is 1. The van der Waals surface area contributed by atoms with E-state index in [1.807, 2.05) is 13.0 Å². The number of carbonyl (C=O) groups is 1. The Morgan fingerprint density at radius 3 is 2.78 bits per heavy atom. The molecule has 3 heterocycles. The Morgan fingerprint density at radius 2 is 2.07 bits per heavy atom. The number of aryl methyl sites for hydroxylation is 2. The summed E-state index contributed by atoms with van der Waals surface area (Å²) < 4.78 is 7.29. The summed E-state index contributed by atoms with van der Waals surface area (Å²) in [5.74, 6) is 0.131. The largest absolute Gasteiger partial charge is 0.376 e. The number of nitrogens with one attached hydrogen (secondary N) is 2. The minimum Gasteiger partial charge on any atom is -0.376 e. The summed E-state index contributed by atoms with van der Waals surface area (Å²) in [7, 11) is 0. The van der Waals surface area contributed by atoms with Gasteiger partial charge in [0.1, 0.15) is 5.56 Å². The third-order valence-corrected chi connectivity index (χ3v) is 4.60. The highest BCUT2D eigenvalue weighted by molar-refractivity contribution is 5.95. The fourth-order valence-electron chi connectivity index (χ4n) is 3.25. The van der Waals surface area contributed by atoms with Gasteiger partial charge in [0.25, 0.3) is 11.5 Å². The molecule has 1 atom stereocenters. The highest BCUT2D eigenvalue weighted by Crippen LogP contribution is 2.15. The molecule has 1 unspecified atom stereocenters. The summed E-state index contributed by atoms with van der Waals surface area (Å²) in [4.78, 5) is 33.6. The van der Waals surface area contributed by atoms with Crippen molar-refractivity contribution in [3.05, 3.63) is 51.7 Å². The first-order valence-corrected chi connectivity index (χ1v) is 9.18. The van der Waals surface area contributed by atoms with Crippen LogP contribution in [-0.2, 0) is 11.3 Å². The number of carbonyl (C=O) groups excluding carboxylic acids is 1. The number of anilines is 1. The SMILES string of the molecule is Cc1cc(C)n(CC2CCCO2)c(=O)c1C(=O)NCCNc1ncccn1. The van der Waals surface area contributed by atoms with Gasteiger partial charge in [-0.1, -0.05) is 0 Å². The van der Waals surface area contributed by atoms with Crippen LogP contribution in [0.3, 0.4) is 0 Å². The molecule has 1 saturated heterocycles. The number of amides is 1. The van der Waals surface area contributed by atoms with Crippen LogP contribution in [0, 0.1) is 13.8 Å². The van der Waals surface area contributed by atoms with E-state index in [0.29, 0.717) is 31.1 Å². The fraction of sp³-hybridized carbons (Fsp3) is 0.474. The van der Waals surface area contributed by atoms with Crippen molar-refractivity contribution in [3.63, 3.8) is 0 Å². The Bertz CT molecular complexity index is 844. The van der Waals surface area contributed by atoms with Crippen LogP contribution in [0.4, 0.5) is 5.95 Å². The van der Waals surface area contributed by atoms with Gasteiger partial charge in [0.05, 0.1) is 12.6 Å². The molecule has 0 bridgehead atoms. The number of aromatic nitrogens is 3. The third kappa shape index (κ3) is 4.71. The Kier molecular flexibility index (Phi) is 6.18. The van der Waals surface area contributed by atoms with Crippen LogP contribution in [0.5, 0.6) is 0 Å². The van der Waals surface area contributed by atoms with Crippen LogP contribution in [-0.4, -0.2) is 46.2 Å². The molecule has 1 fully saturated rings. The van der Waals surface area contributed by atoms with Gasteiger partial charge >= 0.3 is 0 Å². The van der Waals surface area contributed by atoms with Gasteiger partial charge in [-0.3, -0.25) is 9.59 Å². The molecule has 0 saturated carbocycles. The molecule has 1 aliphatic rings. The summed E-state index contributed by atoms with van der Waals surface area (Å²) in [5.41, 5.74) is 1.44. The average Bonchev–Trinajstić information content (AvgIpc) is 3.16. The van der Waals surface area contributed by atoms with Gasteiger partial charge in [-0.15, -0.1) is 0 Å². The van der Waals surface area contributed by atoms with E-state index >= 15 is 0 Å². The first kappa shape index (κ1) is 19.0. The predicted octanol–water partition coefficient (Wildman–Crippen LogP) is 1.28. The van der Waals surface area contributed by atoms with Crippen molar-refractivity contribution in [3.8, 4) is 0 Å². The highest BCUT2D eigenvalue weighted by Gasteiger charge is 2.21. The van der Waals surface area contributed by atoms with Crippen molar-refractivity contribution in [1.29, 1.82) is 0 Å². The summed E-state index contributed by atoms with van der Waals surface area (Å²) in [6.45, 7) is 5.71. The van der Waals surface area contributed by atoms with E-state index in [9.17, 15) is 9.59 Å². The van der Waals surface area contributed by atoms with Gasteiger partial charge in [-0.05, 0) is 44.4 Å². The third-order valence-electron chi connectivity index (χ3n) is 4.60. The Balaban J connectivity index is 1.65. The zero-order valence-corrected chi connectivity index (χ0v) is 15.7. The van der Waals surface area contributed by atoms with Crippen LogP contribution in [0.25, 0.3) is 0 Å². The summed E-state index contributed by atoms with van der Waals surface area (Å²) >= 11 is 0. The van der Waals surface area contributed by atoms with Gasteiger partial charge in [-0.25, -0.2) is 9.97 Å². The van der Waals surface area contributed by atoms with Crippen molar-refractivity contribution in [2.75, 3.05) is 25.0 Å². The Morgan fingerprint density at radius 1 is 1.30 bits per heavy atom. The predicted molar refractivity (Wildman–Crippen MR) is 102 cm³/mol. The zero-order valence-electron chi connectivity index (χ0n) is 15.7. The molecular weight excluding hydrogens is 346 g/mol. The van der Waals surface area contributed by atoms with E-state index < -0.39 is 0 Å². The molecule has 2 aromatic heterocycles. The molecule has 1 amide bonds. The molecule has 144 valence electrons. The molecular formula is C19H25N5O3. The standard InChI is InChI=1S/C19H25N5O3/c1-13-11-14(2)24(12-15-5-3-10-27-15)18(26)16(13)17(25)20-8-9-23-19-21-6-4-7-22-19/h4,6-7,11,15H,3,5,8-10,12H2,1-2H3,(H,20,25)(H,21,22,23). The highest BCUT2D eigenvalue weighted by atomic mass is 16.5. The van der Waals surface area contributed by atoms with Gasteiger partial charge in [-0.2, -0.15) is 0 Å². The number of rotatable bonds is 7. The van der Waals surface area contributed by atoms with Gasteiger partial charge < -0.3 is 19.9 Å². The van der Waals surface area contributed by atoms with Crippen molar-refractivity contribution in [2.24, 2.45) is 0 Å². The molecule has 2 aromatic rings. The molecule has 8 heteroatoms. The lowest BCUT2D eigenvalue weighted by molar-refractivity contribution is 0.0928. The number of hydrogen-bond acceptors (Lipinski definition) is 6. The van der Waals surface area contributed by atoms with E-state index in [1.54, 1.807) is 30.0 Å². The number of ether oxygens (including phenoxy) is 1. The molecule has 27 heavy (non-hydrogen) atoms. The lowest BCUT2D eigenvalue weighted by Gasteiger charge is -2.17. The van der Waals surface area contributed by atoms with E-state index in [4.69, 9.17) is 4.74 Å². The molecule has 0 spiro atoms. The van der Waals surface area contributed by atoms with E-state index in [-0.39, 0.29) is 23.1 Å². The minimum absolute atomic E-state index is 0.0371. The molecule has 0 aromatic carbocycles. The molecule has 3 rings (SSSR count). The summed E-state index contributed by atoms with van der Waals surface area (Å²) in [5, 5.41) is 5.80. The average molecular weight is 371 g/mol. The van der Waals surface area contributed by atoms with Crippen LogP contribution < -0.4 is 16.2 Å². The quantitative estimate of drug-likeness (QED) is 0.712. The first-order valence-electron chi connectivity index (χ1n) is 9.18. The second kappa shape index (κ2) is 8.77. The van der Waals surface area contributed by atoms with Crippen LogP contribution in [0.1, 0.15) is 34.5 Å². The smallest absolute Gasteiger partial charge is 0.263 e. The summed E-state index contributed by atoms with van der Waals surface area (Å²) in [6.07, 6.45) is 5.26. The topological polar surface area (TPSA) is 98.1 Å². The van der Waals surface area contributed by atoms with Gasteiger partial charge in [0.15, 0.2) is 0 Å². The normalized spacial score (nSPS) is 16.3. The molecule has 0 aliphatic carbocycles. The molecule has 0 radical (unpaired) electrons. The maximum absolute atomic E-state index is 12.9. The van der Waals surface area contributed by atoms with Crippen molar-refractivity contribution < 1.29 is 9.53 Å². The van der Waals surface area contributed by atoms with Crippen LogP contribution in [0.2, 0.25) is 0 Å². The minimum atomic E-state index is -0.366. The maximum Gasteiger partial charge on any atom is 0.263 e. The number of hydrogen-bond donors (Lipinski definition) is 2. The molecule has 1 aliphatic heterocycles. The van der Waals surface area contributed by atoms with Crippen molar-refractivity contribution >= 4 is 11.9 Å². The number of nitrogens with zero attached hydrogens (tertiary/aromatic N) is 3. The Labute approximate surface area is 158 Å². The molecule has 2 N–H and O–H groups in total. The lowest BCUT2D eigenvalue weighted by Crippen LogP contribution is -2.38. The van der Waals surface area contributed by atoms with Gasteiger partial charge in [0.2, 0.25) is 5.95 Å². The van der Waals surface area contributed by atoms with Gasteiger partial charge in [0, 0.05) is 37.8 Å². The van der Waals surface area contributed by atoms with E-state index in [0.717, 1.165) is 25.1 Å². The monoisotopic (exact) mass is 371 g/mol. The maximum atomic E-state index is 12.9. The fourth-order valence-corrected chi connectivity index (χ4v) is 3.25. The second-order valence-electron chi connectivity index (χ2n) is 6.65. The Hall–Kier alpha value is -2.74. The first-order chi connectivity index (χ1) is 13.1. The van der Waals surface area contributed by atoms with Crippen LogP contribution >= 0.6 is 0 Å². The summed E-state index contributed by atoms with van der Waals surface area (Å²) in [6, 6.07) is 3.61. The molecule has 8 nitrogen and oxygen atoms in total. The second-order valence-corrected chi connectivity index (χ2v) is 6.65. The lowest BCUT2D eigenvalue weighted by atomic mass is 10.1. The van der Waals surface area contributed by atoms with E-state index in [2.05, 4.69) is 20.6 Å². The zero-order chi connectivity index (χ0) is 19.2. The van der Waals surface area contributed by atoms with Crippen molar-refractivity contribution in [2.45, 2.75) is 39.3 Å².